The summed E-state index contributed by atoms with van der Waals surface area (Å²) in [5.41, 5.74) is 5.43. The molecule has 0 atom stereocenters. The molecular weight excluding hydrogens is 324 g/mol. The van der Waals surface area contributed by atoms with Crippen LogP contribution in [0.25, 0.3) is 16.7 Å². The van der Waals surface area contributed by atoms with Gasteiger partial charge in [-0.2, -0.15) is 10.4 Å². The summed E-state index contributed by atoms with van der Waals surface area (Å²) in [7, 11) is 0. The van der Waals surface area contributed by atoms with Gasteiger partial charge < -0.3 is 5.32 Å². The molecule has 0 saturated carbocycles. The fraction of sp³-hybridized carbons (Fsp3) is 0.100. The van der Waals surface area contributed by atoms with E-state index in [1.165, 1.54) is 11.9 Å². The van der Waals surface area contributed by atoms with E-state index in [4.69, 9.17) is 5.26 Å². The molecule has 2 aromatic carbocycles. The highest BCUT2D eigenvalue weighted by Crippen LogP contribution is 2.26. The van der Waals surface area contributed by atoms with Gasteiger partial charge in [0, 0.05) is 5.69 Å². The van der Waals surface area contributed by atoms with Gasteiger partial charge in [-0.3, -0.25) is 0 Å². The van der Waals surface area contributed by atoms with Crippen LogP contribution in [0, 0.1) is 25.2 Å². The molecule has 0 amide bonds. The molecule has 4 aromatic rings. The average Bonchev–Trinajstić information content (AvgIpc) is 3.07. The Balaban J connectivity index is 1.79. The molecule has 26 heavy (non-hydrogen) atoms. The second-order valence-corrected chi connectivity index (χ2v) is 6.12. The number of hydrogen-bond acceptors (Lipinski definition) is 5. The van der Waals surface area contributed by atoms with Crippen LogP contribution >= 0.6 is 0 Å². The van der Waals surface area contributed by atoms with E-state index in [2.05, 4.69) is 52.4 Å². The van der Waals surface area contributed by atoms with Crippen LogP contribution in [0.5, 0.6) is 0 Å². The van der Waals surface area contributed by atoms with Gasteiger partial charge in [0.15, 0.2) is 5.65 Å². The monoisotopic (exact) mass is 340 g/mol. The van der Waals surface area contributed by atoms with E-state index in [-0.39, 0.29) is 0 Å². The number of rotatable bonds is 3. The molecule has 0 bridgehead atoms. The van der Waals surface area contributed by atoms with Crippen molar-refractivity contribution < 1.29 is 0 Å². The van der Waals surface area contributed by atoms with Gasteiger partial charge in [-0.15, -0.1) is 0 Å². The summed E-state index contributed by atoms with van der Waals surface area (Å²) in [5.74, 6) is 0.654. The molecule has 0 aliphatic heterocycles. The highest BCUT2D eigenvalue weighted by Gasteiger charge is 2.13. The van der Waals surface area contributed by atoms with Crippen LogP contribution in [0.4, 0.5) is 11.5 Å². The summed E-state index contributed by atoms with van der Waals surface area (Å²) in [6, 6.07) is 15.6. The number of nitrogens with zero attached hydrogens (tertiary/aromatic N) is 5. The molecule has 0 aliphatic carbocycles. The molecular formula is C20H16N6. The van der Waals surface area contributed by atoms with Crippen LogP contribution in [0.3, 0.4) is 0 Å². The molecule has 0 fully saturated rings. The molecule has 0 radical (unpaired) electrons. The maximum absolute atomic E-state index is 9.06. The minimum Gasteiger partial charge on any atom is -0.339 e. The highest BCUT2D eigenvalue weighted by atomic mass is 15.3. The predicted octanol–water partition coefficient (Wildman–Crippen LogP) is 4.05. The third kappa shape index (κ3) is 2.76. The van der Waals surface area contributed by atoms with Gasteiger partial charge in [-0.25, -0.2) is 14.6 Å². The van der Waals surface area contributed by atoms with Gasteiger partial charge >= 0.3 is 0 Å². The Morgan fingerprint density at radius 2 is 1.96 bits per heavy atom. The van der Waals surface area contributed by atoms with Gasteiger partial charge in [0.1, 0.15) is 12.1 Å². The van der Waals surface area contributed by atoms with Crippen molar-refractivity contribution in [3.8, 4) is 11.8 Å². The third-order valence-electron chi connectivity index (χ3n) is 4.20. The number of fused-ring (bicyclic) bond motifs is 1. The summed E-state index contributed by atoms with van der Waals surface area (Å²) in [6.07, 6.45) is 3.27. The lowest BCUT2D eigenvalue weighted by Crippen LogP contribution is -2.01. The van der Waals surface area contributed by atoms with Crippen molar-refractivity contribution in [2.24, 2.45) is 0 Å². The number of hydrogen-bond donors (Lipinski definition) is 1. The summed E-state index contributed by atoms with van der Waals surface area (Å²) in [6.45, 7) is 4.13. The highest BCUT2D eigenvalue weighted by molar-refractivity contribution is 5.89. The molecule has 1 N–H and O–H groups in total. The standard InChI is InChI=1S/C20H16N6/c1-13-6-7-18(14(2)8-13)26-20-17(11-24-26)19(22-12-23-20)25-16-5-3-4-15(9-16)10-21/h3-9,11-12H,1-2H3,(H,22,23,25). The Morgan fingerprint density at radius 1 is 1.08 bits per heavy atom. The first-order valence-electron chi connectivity index (χ1n) is 8.19. The first kappa shape index (κ1) is 15.8. The van der Waals surface area contributed by atoms with Crippen molar-refractivity contribution >= 4 is 22.5 Å². The van der Waals surface area contributed by atoms with E-state index in [0.29, 0.717) is 11.4 Å². The second kappa shape index (κ2) is 6.30. The van der Waals surface area contributed by atoms with Crippen LogP contribution in [0.1, 0.15) is 16.7 Å². The van der Waals surface area contributed by atoms with Crippen molar-refractivity contribution in [3.63, 3.8) is 0 Å². The Morgan fingerprint density at radius 3 is 2.77 bits per heavy atom. The number of nitriles is 1. The quantitative estimate of drug-likeness (QED) is 0.609. The number of anilines is 2. The first-order valence-corrected chi connectivity index (χ1v) is 8.19. The molecule has 2 heterocycles. The molecule has 0 aliphatic rings. The molecule has 4 rings (SSSR count). The maximum Gasteiger partial charge on any atom is 0.168 e. The lowest BCUT2D eigenvalue weighted by atomic mass is 10.1. The zero-order valence-electron chi connectivity index (χ0n) is 14.4. The SMILES string of the molecule is Cc1ccc(-n2ncc3c(Nc4cccc(C#N)c4)ncnc32)c(C)c1. The minimum absolute atomic E-state index is 0.589. The number of nitrogens with one attached hydrogen (secondary N) is 1. The van der Waals surface area contributed by atoms with Gasteiger partial charge in [0.25, 0.3) is 0 Å². The lowest BCUT2D eigenvalue weighted by Gasteiger charge is -2.09. The minimum atomic E-state index is 0.589. The topological polar surface area (TPSA) is 79.4 Å². The number of aromatic nitrogens is 4. The Bertz CT molecular complexity index is 1150. The smallest absolute Gasteiger partial charge is 0.168 e. The van der Waals surface area contributed by atoms with E-state index in [1.807, 2.05) is 22.9 Å². The van der Waals surface area contributed by atoms with Gasteiger partial charge in [-0.1, -0.05) is 23.8 Å². The van der Waals surface area contributed by atoms with E-state index in [9.17, 15) is 0 Å². The Hall–Kier alpha value is -3.72. The zero-order valence-corrected chi connectivity index (χ0v) is 14.4. The summed E-state index contributed by atoms with van der Waals surface area (Å²) in [4.78, 5) is 8.76. The van der Waals surface area contributed by atoms with E-state index in [1.54, 1.807) is 18.3 Å². The van der Waals surface area contributed by atoms with Gasteiger partial charge in [0.2, 0.25) is 0 Å². The zero-order chi connectivity index (χ0) is 18.1. The van der Waals surface area contributed by atoms with E-state index in [0.717, 1.165) is 28.0 Å². The third-order valence-corrected chi connectivity index (χ3v) is 4.20. The molecule has 126 valence electrons. The van der Waals surface area contributed by atoms with Crippen molar-refractivity contribution in [1.29, 1.82) is 5.26 Å². The van der Waals surface area contributed by atoms with Crippen molar-refractivity contribution in [2.45, 2.75) is 13.8 Å². The maximum atomic E-state index is 9.06. The second-order valence-electron chi connectivity index (χ2n) is 6.12. The number of aryl methyl sites for hydroxylation is 2. The Kier molecular flexibility index (Phi) is 3.82. The fourth-order valence-electron chi connectivity index (χ4n) is 2.97. The summed E-state index contributed by atoms with van der Waals surface area (Å²) >= 11 is 0. The molecule has 6 nitrogen and oxygen atoms in total. The van der Waals surface area contributed by atoms with Crippen LogP contribution in [-0.2, 0) is 0 Å². The predicted molar refractivity (Wildman–Crippen MR) is 101 cm³/mol. The average molecular weight is 340 g/mol. The van der Waals surface area contributed by atoms with Crippen LogP contribution < -0.4 is 5.32 Å². The first-order chi connectivity index (χ1) is 12.7. The summed E-state index contributed by atoms with van der Waals surface area (Å²) < 4.78 is 1.82. The fourth-order valence-corrected chi connectivity index (χ4v) is 2.97. The normalized spacial score (nSPS) is 10.7. The molecule has 6 heteroatoms. The lowest BCUT2D eigenvalue weighted by molar-refractivity contribution is 0.886. The van der Waals surface area contributed by atoms with Crippen LogP contribution in [-0.4, -0.2) is 19.7 Å². The van der Waals surface area contributed by atoms with Crippen molar-refractivity contribution in [2.75, 3.05) is 5.32 Å². The van der Waals surface area contributed by atoms with E-state index < -0.39 is 0 Å². The summed E-state index contributed by atoms with van der Waals surface area (Å²) in [5, 5.41) is 17.6. The van der Waals surface area contributed by atoms with Crippen molar-refractivity contribution in [1.82, 2.24) is 19.7 Å². The molecule has 2 aromatic heterocycles. The largest absolute Gasteiger partial charge is 0.339 e. The van der Waals surface area contributed by atoms with Gasteiger partial charge in [-0.05, 0) is 43.7 Å². The Labute approximate surface area is 150 Å². The molecule has 0 unspecified atom stereocenters. The number of benzene rings is 2. The van der Waals surface area contributed by atoms with Crippen LogP contribution in [0.2, 0.25) is 0 Å². The van der Waals surface area contributed by atoms with Crippen molar-refractivity contribution in [3.05, 3.63) is 71.7 Å². The van der Waals surface area contributed by atoms with E-state index >= 15 is 0 Å². The van der Waals surface area contributed by atoms with Gasteiger partial charge in [0.05, 0.1) is 28.9 Å². The van der Waals surface area contributed by atoms with Crippen LogP contribution in [0.15, 0.2) is 55.0 Å². The molecule has 0 spiro atoms. The molecule has 0 saturated heterocycles.